The van der Waals surface area contributed by atoms with E-state index < -0.39 is 5.91 Å². The van der Waals surface area contributed by atoms with Gasteiger partial charge in [-0.05, 0) is 44.0 Å². The van der Waals surface area contributed by atoms with E-state index in [0.717, 1.165) is 25.7 Å². The highest BCUT2D eigenvalue weighted by Gasteiger charge is 2.18. The fraction of sp³-hybridized carbons (Fsp3) is 0.364. The molecule has 0 unspecified atom stereocenters. The van der Waals surface area contributed by atoms with Gasteiger partial charge < -0.3 is 10.6 Å². The molecule has 0 bridgehead atoms. The van der Waals surface area contributed by atoms with Crippen molar-refractivity contribution in [2.24, 2.45) is 0 Å². The number of nitrogens with zero attached hydrogens (tertiary/aromatic N) is 1. The summed E-state index contributed by atoms with van der Waals surface area (Å²) in [4.78, 5) is 40.8. The van der Waals surface area contributed by atoms with Crippen molar-refractivity contribution in [3.8, 4) is 0 Å². The third-order valence-corrected chi connectivity index (χ3v) is 4.93. The summed E-state index contributed by atoms with van der Waals surface area (Å²) in [6.07, 6.45) is 6.65. The van der Waals surface area contributed by atoms with Gasteiger partial charge in [-0.3, -0.25) is 14.4 Å². The summed E-state index contributed by atoms with van der Waals surface area (Å²) in [6.45, 7) is 1.47. The number of carbonyl (C=O) groups excluding carboxylic acids is 3. The standard InChI is InChI=1S/C22H25N3O3/c1-15(26)16-8-6-11-18(14-16)24-22(28)20-13-7-12-19(25-20)21(27)23-17-9-4-2-3-5-10-17/h6-8,11-14,17H,2-5,9-10H2,1H3,(H,23,27)(H,24,28). The smallest absolute Gasteiger partial charge is 0.274 e. The van der Waals surface area contributed by atoms with Crippen molar-refractivity contribution in [2.45, 2.75) is 51.5 Å². The molecule has 0 radical (unpaired) electrons. The van der Waals surface area contributed by atoms with E-state index in [2.05, 4.69) is 15.6 Å². The highest BCUT2D eigenvalue weighted by molar-refractivity contribution is 6.04. The van der Waals surface area contributed by atoms with Crippen LogP contribution >= 0.6 is 0 Å². The molecular formula is C22H25N3O3. The van der Waals surface area contributed by atoms with Crippen molar-refractivity contribution in [1.29, 1.82) is 0 Å². The Bertz CT molecular complexity index is 871. The van der Waals surface area contributed by atoms with Crippen molar-refractivity contribution in [1.82, 2.24) is 10.3 Å². The quantitative estimate of drug-likeness (QED) is 0.607. The van der Waals surface area contributed by atoms with Crippen LogP contribution in [0.15, 0.2) is 42.5 Å². The van der Waals surface area contributed by atoms with Gasteiger partial charge in [0.25, 0.3) is 11.8 Å². The molecule has 1 aromatic carbocycles. The lowest BCUT2D eigenvalue weighted by molar-refractivity contribution is 0.0927. The van der Waals surface area contributed by atoms with Gasteiger partial charge in [0, 0.05) is 17.3 Å². The number of aromatic nitrogens is 1. The molecule has 1 heterocycles. The molecule has 2 N–H and O–H groups in total. The van der Waals surface area contributed by atoms with E-state index in [0.29, 0.717) is 11.3 Å². The van der Waals surface area contributed by atoms with Gasteiger partial charge in [0.15, 0.2) is 5.78 Å². The van der Waals surface area contributed by atoms with Gasteiger partial charge in [0.1, 0.15) is 11.4 Å². The van der Waals surface area contributed by atoms with Crippen LogP contribution in [0, 0.1) is 0 Å². The number of amides is 2. The number of nitrogens with one attached hydrogen (secondary N) is 2. The Labute approximate surface area is 164 Å². The Morgan fingerprint density at radius 3 is 2.21 bits per heavy atom. The first kappa shape index (κ1) is 19.7. The lowest BCUT2D eigenvalue weighted by atomic mass is 10.1. The lowest BCUT2D eigenvalue weighted by Crippen LogP contribution is -2.35. The van der Waals surface area contributed by atoms with E-state index >= 15 is 0 Å². The molecule has 6 nitrogen and oxygen atoms in total. The molecule has 1 aliphatic carbocycles. The molecule has 0 atom stereocenters. The zero-order valence-electron chi connectivity index (χ0n) is 16.0. The fourth-order valence-electron chi connectivity index (χ4n) is 3.38. The summed E-state index contributed by atoms with van der Waals surface area (Å²) in [7, 11) is 0. The Kier molecular flexibility index (Phi) is 6.53. The molecule has 6 heteroatoms. The van der Waals surface area contributed by atoms with Gasteiger partial charge in [-0.15, -0.1) is 0 Å². The summed E-state index contributed by atoms with van der Waals surface area (Å²) in [5, 5.41) is 5.76. The van der Waals surface area contributed by atoms with E-state index in [1.165, 1.54) is 19.8 Å². The molecule has 1 aromatic heterocycles. The summed E-state index contributed by atoms with van der Waals surface area (Å²) in [5.74, 6) is -0.753. The second kappa shape index (κ2) is 9.26. The average Bonchev–Trinajstić information content (AvgIpc) is 2.97. The number of hydrogen-bond acceptors (Lipinski definition) is 4. The average molecular weight is 379 g/mol. The first-order valence-electron chi connectivity index (χ1n) is 9.73. The highest BCUT2D eigenvalue weighted by atomic mass is 16.2. The second-order valence-corrected chi connectivity index (χ2v) is 7.16. The number of rotatable bonds is 5. The molecule has 0 aliphatic heterocycles. The number of hydrogen-bond donors (Lipinski definition) is 2. The Morgan fingerprint density at radius 2 is 1.54 bits per heavy atom. The first-order chi connectivity index (χ1) is 13.5. The van der Waals surface area contributed by atoms with Gasteiger partial charge in [0.2, 0.25) is 0 Å². The van der Waals surface area contributed by atoms with Crippen LogP contribution in [0.3, 0.4) is 0 Å². The van der Waals surface area contributed by atoms with Crippen molar-refractivity contribution in [2.75, 3.05) is 5.32 Å². The molecule has 1 aliphatic rings. The van der Waals surface area contributed by atoms with Crippen LogP contribution in [0.1, 0.15) is 76.8 Å². The third kappa shape index (κ3) is 5.25. The van der Waals surface area contributed by atoms with Crippen molar-refractivity contribution < 1.29 is 14.4 Å². The molecule has 0 saturated heterocycles. The molecule has 2 amide bonds. The van der Waals surface area contributed by atoms with Crippen LogP contribution in [0.25, 0.3) is 0 Å². The van der Waals surface area contributed by atoms with Crippen LogP contribution in [0.4, 0.5) is 5.69 Å². The number of Topliss-reactive ketones (excluding diaryl/α,β-unsaturated/α-hetero) is 1. The molecule has 146 valence electrons. The first-order valence-corrected chi connectivity index (χ1v) is 9.73. The molecule has 1 saturated carbocycles. The number of benzene rings is 1. The largest absolute Gasteiger partial charge is 0.348 e. The van der Waals surface area contributed by atoms with Crippen LogP contribution in [-0.4, -0.2) is 28.6 Å². The predicted molar refractivity (Wildman–Crippen MR) is 108 cm³/mol. The molecule has 2 aromatic rings. The van der Waals surface area contributed by atoms with Crippen LogP contribution in [0.2, 0.25) is 0 Å². The van der Waals surface area contributed by atoms with E-state index in [4.69, 9.17) is 0 Å². The molecule has 28 heavy (non-hydrogen) atoms. The van der Waals surface area contributed by atoms with Gasteiger partial charge in [-0.25, -0.2) is 4.98 Å². The Morgan fingerprint density at radius 1 is 0.893 bits per heavy atom. The zero-order valence-corrected chi connectivity index (χ0v) is 16.0. The maximum Gasteiger partial charge on any atom is 0.274 e. The number of anilines is 1. The Hall–Kier alpha value is -3.02. The number of ketones is 1. The van der Waals surface area contributed by atoms with Crippen molar-refractivity contribution >= 4 is 23.3 Å². The molecule has 3 rings (SSSR count). The Balaban J connectivity index is 1.68. The van der Waals surface area contributed by atoms with Crippen molar-refractivity contribution in [3.05, 3.63) is 59.4 Å². The van der Waals surface area contributed by atoms with Crippen molar-refractivity contribution in [3.63, 3.8) is 0 Å². The van der Waals surface area contributed by atoms with Crippen LogP contribution in [0.5, 0.6) is 0 Å². The monoisotopic (exact) mass is 379 g/mol. The second-order valence-electron chi connectivity index (χ2n) is 7.16. The summed E-state index contributed by atoms with van der Waals surface area (Å²) in [6, 6.07) is 11.7. The molecule has 1 fully saturated rings. The molecule has 0 spiro atoms. The van der Waals surface area contributed by atoms with Gasteiger partial charge in [-0.1, -0.05) is 43.9 Å². The summed E-state index contributed by atoms with van der Waals surface area (Å²) < 4.78 is 0. The number of pyridine rings is 1. The zero-order chi connectivity index (χ0) is 19.9. The van der Waals surface area contributed by atoms with E-state index in [1.807, 2.05) is 0 Å². The van der Waals surface area contributed by atoms with E-state index in [-0.39, 0.29) is 29.1 Å². The minimum absolute atomic E-state index is 0.0774. The van der Waals surface area contributed by atoms with Crippen LogP contribution in [-0.2, 0) is 0 Å². The minimum atomic E-state index is -0.426. The van der Waals surface area contributed by atoms with E-state index in [9.17, 15) is 14.4 Å². The minimum Gasteiger partial charge on any atom is -0.348 e. The summed E-state index contributed by atoms with van der Waals surface area (Å²) >= 11 is 0. The fourth-order valence-corrected chi connectivity index (χ4v) is 3.38. The van der Waals surface area contributed by atoms with E-state index in [1.54, 1.807) is 42.5 Å². The normalized spacial score (nSPS) is 14.8. The third-order valence-electron chi connectivity index (χ3n) is 4.93. The number of carbonyl (C=O) groups is 3. The molecular weight excluding hydrogens is 354 g/mol. The van der Waals surface area contributed by atoms with Gasteiger partial charge >= 0.3 is 0 Å². The maximum absolute atomic E-state index is 12.5. The maximum atomic E-state index is 12.5. The van der Waals surface area contributed by atoms with Gasteiger partial charge in [0.05, 0.1) is 0 Å². The lowest BCUT2D eigenvalue weighted by Gasteiger charge is -2.16. The SMILES string of the molecule is CC(=O)c1cccc(NC(=O)c2cccc(C(=O)NC3CCCCCC3)n2)c1. The van der Waals surface area contributed by atoms with Crippen LogP contribution < -0.4 is 10.6 Å². The topological polar surface area (TPSA) is 88.2 Å². The predicted octanol–water partition coefficient (Wildman–Crippen LogP) is 3.99. The summed E-state index contributed by atoms with van der Waals surface area (Å²) in [5.41, 5.74) is 1.41. The van der Waals surface area contributed by atoms with Gasteiger partial charge in [-0.2, -0.15) is 0 Å². The highest BCUT2D eigenvalue weighted by Crippen LogP contribution is 2.18.